The predicted molar refractivity (Wildman–Crippen MR) is 253 cm³/mol. The Morgan fingerprint density at radius 3 is 2.10 bits per heavy atom. The summed E-state index contributed by atoms with van der Waals surface area (Å²) < 4.78 is 11.0. The molecule has 1 aliphatic heterocycles. The van der Waals surface area contributed by atoms with Crippen LogP contribution in [0.2, 0.25) is 0 Å². The molecule has 2 aromatic rings. The molecule has 5 N–H and O–H groups in total. The Bertz CT molecular complexity index is 2230. The van der Waals surface area contributed by atoms with Gasteiger partial charge in [-0.25, -0.2) is 9.59 Å². The Morgan fingerprint density at radius 1 is 0.884 bits per heavy atom. The number of nitro groups is 1. The molecule has 3 aliphatic rings. The molecular weight excluding hydrogens is 891 g/mol. The lowest BCUT2D eigenvalue weighted by Crippen LogP contribution is -2.59. The monoisotopic (exact) mass is 957 g/mol. The maximum absolute atomic E-state index is 15.1. The Morgan fingerprint density at radius 2 is 1.52 bits per heavy atom. The number of carboxylic acid groups (broad SMARTS) is 1. The summed E-state index contributed by atoms with van der Waals surface area (Å²) in [6.45, 7) is 5.08. The minimum Gasteiger partial charge on any atom is -0.488 e. The van der Waals surface area contributed by atoms with Crippen LogP contribution in [0.3, 0.4) is 0 Å². The van der Waals surface area contributed by atoms with E-state index in [-0.39, 0.29) is 55.4 Å². The number of rotatable bonds is 22. The first-order valence-electron chi connectivity index (χ1n) is 24.0. The van der Waals surface area contributed by atoms with E-state index < -0.39 is 105 Å². The van der Waals surface area contributed by atoms with Crippen LogP contribution in [0.4, 0.5) is 5.69 Å². The molecule has 0 bridgehead atoms. The Kier molecular flexibility index (Phi) is 19.2. The predicted octanol–water partition coefficient (Wildman–Crippen LogP) is 6.28. The maximum Gasteiger partial charge on any atom is 0.336 e. The molecule has 2 aliphatic carbocycles. The molecule has 4 amide bonds. The van der Waals surface area contributed by atoms with Gasteiger partial charge in [-0.15, -0.1) is 0 Å². The molecule has 3 fully saturated rings. The maximum atomic E-state index is 15.1. The smallest absolute Gasteiger partial charge is 0.336 e. The molecule has 0 spiro atoms. The van der Waals surface area contributed by atoms with Gasteiger partial charge in [0.1, 0.15) is 23.9 Å². The van der Waals surface area contributed by atoms with Crippen LogP contribution in [0.1, 0.15) is 138 Å². The van der Waals surface area contributed by atoms with Crippen molar-refractivity contribution in [3.05, 3.63) is 81.9 Å². The van der Waals surface area contributed by atoms with Crippen molar-refractivity contribution in [3.8, 4) is 5.75 Å². The molecule has 69 heavy (non-hydrogen) atoms. The molecule has 5 rings (SSSR count). The second-order valence-corrected chi connectivity index (χ2v) is 19.7. The lowest BCUT2D eigenvalue weighted by atomic mass is 9.75. The van der Waals surface area contributed by atoms with Gasteiger partial charge in [-0.1, -0.05) is 83.6 Å². The number of benzene rings is 2. The van der Waals surface area contributed by atoms with E-state index in [0.717, 1.165) is 75.6 Å². The fourth-order valence-corrected chi connectivity index (χ4v) is 9.97. The van der Waals surface area contributed by atoms with Gasteiger partial charge in [-0.3, -0.25) is 38.9 Å². The van der Waals surface area contributed by atoms with E-state index in [1.54, 1.807) is 45.0 Å². The van der Waals surface area contributed by atoms with Crippen molar-refractivity contribution in [2.75, 3.05) is 13.7 Å². The van der Waals surface area contributed by atoms with Crippen molar-refractivity contribution < 1.29 is 57.9 Å². The number of hydrogen-bond acceptors (Lipinski definition) is 12. The number of methoxy groups -OCH3 is 1. The van der Waals surface area contributed by atoms with Crippen molar-refractivity contribution >= 4 is 52.8 Å². The number of Topliss-reactive ketones (excluding diaryl/α,β-unsaturated/α-hetero) is 2. The van der Waals surface area contributed by atoms with Gasteiger partial charge in [-0.05, 0) is 74.0 Å². The number of likely N-dealkylation sites (tertiary alicyclic amines) is 1. The first kappa shape index (κ1) is 53.5. The molecule has 1 heterocycles. The number of amides is 4. The number of carbonyl (C=O) groups is 8. The highest BCUT2D eigenvalue weighted by Crippen LogP contribution is 2.35. The molecule has 0 radical (unpaired) electrons. The van der Waals surface area contributed by atoms with E-state index in [9.17, 15) is 48.8 Å². The first-order chi connectivity index (χ1) is 32.8. The number of nitrogens with one attached hydrogen (secondary N) is 2. The van der Waals surface area contributed by atoms with Crippen LogP contribution in [0, 0.1) is 39.2 Å². The number of primary amides is 1. The Balaban J connectivity index is 1.45. The molecular formula is C51H67N5O13. The standard InChI is InChI=1S/C51H67N5O13/c1-51(2,3)45(54-47(61)33(20-14-15-23-43(59)68-4)26-41(57)37-25-24-34(56(66)67)27-39(37)50(64)65)49(63)55-30-36(69-35-21-12-7-13-22-35)28-40(55)48(62)53-44(32-18-10-6-11-19-32)42(58)29-38(46(52)60)31-16-8-5-9-17-31/h7,12-13,15,21-25,27,31-33,36,38,40,44-45H,5-6,8-11,14,16-20,26,28-30H2,1-4H3,(H2,52,60)(H,53,62)(H,54,61)(H,64,65)/b23-15+/t33-,36-,38+,40+,44+,45-/m1/s1. The number of ketones is 2. The summed E-state index contributed by atoms with van der Waals surface area (Å²) in [5, 5.41) is 27.2. The third-order valence-electron chi connectivity index (χ3n) is 13.7. The summed E-state index contributed by atoms with van der Waals surface area (Å²) in [6, 6.07) is 8.24. The number of nitrogens with zero attached hydrogens (tertiary/aromatic N) is 2. The normalized spacial score (nSPS) is 19.7. The van der Waals surface area contributed by atoms with Crippen molar-refractivity contribution in [2.24, 2.45) is 34.8 Å². The molecule has 1 saturated heterocycles. The lowest BCUT2D eigenvalue weighted by molar-refractivity contribution is -0.384. The largest absolute Gasteiger partial charge is 0.488 e. The fourth-order valence-electron chi connectivity index (χ4n) is 9.97. The van der Waals surface area contributed by atoms with E-state index in [1.165, 1.54) is 18.1 Å². The summed E-state index contributed by atoms with van der Waals surface area (Å²) in [5.74, 6) is -7.45. The number of carbonyl (C=O) groups excluding carboxylic acids is 7. The zero-order chi connectivity index (χ0) is 50.4. The molecule has 6 atom stereocenters. The highest BCUT2D eigenvalue weighted by molar-refractivity contribution is 6.07. The number of nitrogens with two attached hydrogens (primary N) is 1. The molecule has 18 nitrogen and oxygen atoms in total. The van der Waals surface area contributed by atoms with E-state index in [1.807, 2.05) is 6.07 Å². The zero-order valence-electron chi connectivity index (χ0n) is 40.0. The number of hydrogen-bond donors (Lipinski definition) is 4. The molecule has 0 aromatic heterocycles. The molecule has 374 valence electrons. The van der Waals surface area contributed by atoms with Gasteiger partial charge in [0, 0.05) is 54.9 Å². The van der Waals surface area contributed by atoms with Gasteiger partial charge in [0.05, 0.1) is 30.2 Å². The number of aromatic carboxylic acids is 1. The summed E-state index contributed by atoms with van der Waals surface area (Å²) in [4.78, 5) is 121. The highest BCUT2D eigenvalue weighted by atomic mass is 16.6. The van der Waals surface area contributed by atoms with Crippen LogP contribution >= 0.6 is 0 Å². The average molecular weight is 958 g/mol. The fraction of sp³-hybridized carbons (Fsp3) is 0.569. The van der Waals surface area contributed by atoms with Crippen LogP contribution in [-0.2, 0) is 33.5 Å². The van der Waals surface area contributed by atoms with Crippen LogP contribution in [-0.4, -0.2) is 99.9 Å². The van der Waals surface area contributed by atoms with Gasteiger partial charge in [0.25, 0.3) is 5.69 Å². The minimum absolute atomic E-state index is 0.0233. The molecule has 18 heteroatoms. The number of para-hydroxylation sites is 1. The molecule has 2 aromatic carbocycles. The second kappa shape index (κ2) is 24.7. The van der Waals surface area contributed by atoms with E-state index in [0.29, 0.717) is 18.6 Å². The second-order valence-electron chi connectivity index (χ2n) is 19.7. The minimum atomic E-state index is -1.59. The van der Waals surface area contributed by atoms with Gasteiger partial charge in [0.2, 0.25) is 23.6 Å². The lowest BCUT2D eigenvalue weighted by Gasteiger charge is -2.37. The number of ether oxygens (including phenoxy) is 2. The number of carboxylic acids is 1. The summed E-state index contributed by atoms with van der Waals surface area (Å²) in [7, 11) is 1.19. The van der Waals surface area contributed by atoms with Crippen LogP contribution in [0.25, 0.3) is 0 Å². The SMILES string of the molecule is COC(=O)/C=C/CC[C@H](CC(=O)c1ccc([N+](=O)[O-])cc1C(=O)O)C(=O)N[C@H](C(=O)N1C[C@H](Oc2ccccc2)C[C@H]1C(=O)N[C@H](C(=O)C[C@H](C(N)=O)C1CCCCC1)C1CCCCC1)C(C)(C)C. The average Bonchev–Trinajstić information content (AvgIpc) is 3.75. The topological polar surface area (TPSA) is 272 Å². The molecule has 2 saturated carbocycles. The van der Waals surface area contributed by atoms with Crippen LogP contribution in [0.15, 0.2) is 60.7 Å². The molecule has 0 unspecified atom stereocenters. The van der Waals surface area contributed by atoms with E-state index in [4.69, 9.17) is 10.5 Å². The van der Waals surface area contributed by atoms with E-state index in [2.05, 4.69) is 15.4 Å². The van der Waals surface area contributed by atoms with Gasteiger partial charge in [-0.2, -0.15) is 0 Å². The summed E-state index contributed by atoms with van der Waals surface area (Å²) in [6.07, 6.45) is 9.92. The van der Waals surface area contributed by atoms with Gasteiger partial charge in [0.15, 0.2) is 11.6 Å². The number of esters is 1. The summed E-state index contributed by atoms with van der Waals surface area (Å²) in [5.41, 5.74) is 3.37. The van der Waals surface area contributed by atoms with Crippen LogP contribution < -0.4 is 21.1 Å². The Hall–Kier alpha value is -6.46. The van der Waals surface area contributed by atoms with Crippen molar-refractivity contribution in [1.29, 1.82) is 0 Å². The van der Waals surface area contributed by atoms with Crippen molar-refractivity contribution in [1.82, 2.24) is 15.5 Å². The third-order valence-corrected chi connectivity index (χ3v) is 13.7. The number of allylic oxidation sites excluding steroid dienone is 1. The summed E-state index contributed by atoms with van der Waals surface area (Å²) >= 11 is 0. The van der Waals surface area contributed by atoms with Crippen molar-refractivity contribution in [2.45, 2.75) is 141 Å². The number of nitro benzene ring substituents is 1. The van der Waals surface area contributed by atoms with Gasteiger partial charge >= 0.3 is 11.9 Å². The first-order valence-corrected chi connectivity index (χ1v) is 24.0. The van der Waals surface area contributed by atoms with Crippen molar-refractivity contribution in [3.63, 3.8) is 0 Å². The third kappa shape index (κ3) is 14.8. The van der Waals surface area contributed by atoms with E-state index >= 15 is 4.79 Å². The quantitative estimate of drug-likeness (QED) is 0.0333. The highest BCUT2D eigenvalue weighted by Gasteiger charge is 2.47. The zero-order valence-corrected chi connectivity index (χ0v) is 40.0. The van der Waals surface area contributed by atoms with Crippen LogP contribution in [0.5, 0.6) is 5.75 Å². The Labute approximate surface area is 402 Å². The van der Waals surface area contributed by atoms with Gasteiger partial charge < -0.3 is 35.8 Å². The number of non-ortho nitro benzene ring substituents is 1.